The Hall–Kier alpha value is -1.79. The third-order valence-corrected chi connectivity index (χ3v) is 6.54. The minimum atomic E-state index is -0.0421. The highest BCUT2D eigenvalue weighted by molar-refractivity contribution is 6.36. The molecule has 7 heteroatoms. The lowest BCUT2D eigenvalue weighted by atomic mass is 9.93. The Balaban J connectivity index is 1.33. The number of ether oxygens (including phenoxy) is 1. The topological polar surface area (TPSA) is 44.8 Å². The van der Waals surface area contributed by atoms with Gasteiger partial charge in [0.1, 0.15) is 0 Å². The first kappa shape index (κ1) is 21.4. The van der Waals surface area contributed by atoms with Crippen LogP contribution in [0.3, 0.4) is 0 Å². The summed E-state index contributed by atoms with van der Waals surface area (Å²) in [5.41, 5.74) is 4.22. The molecule has 0 aliphatic carbocycles. The van der Waals surface area contributed by atoms with Gasteiger partial charge in [-0.2, -0.15) is 0 Å². The van der Waals surface area contributed by atoms with Crippen LogP contribution in [-0.4, -0.2) is 57.2 Å². The Bertz CT molecular complexity index is 913. The maximum absolute atomic E-state index is 11.9. The highest BCUT2D eigenvalue weighted by Gasteiger charge is 2.24. The van der Waals surface area contributed by atoms with Gasteiger partial charge in [0, 0.05) is 50.4 Å². The summed E-state index contributed by atoms with van der Waals surface area (Å²) in [4.78, 5) is 16.7. The minimum absolute atomic E-state index is 0.0421. The van der Waals surface area contributed by atoms with Gasteiger partial charge >= 0.3 is 0 Å². The molecule has 0 saturated carbocycles. The van der Waals surface area contributed by atoms with E-state index in [-0.39, 0.29) is 12.0 Å². The van der Waals surface area contributed by atoms with Crippen LogP contribution in [0, 0.1) is 0 Å². The fourth-order valence-electron chi connectivity index (χ4n) is 4.31. The van der Waals surface area contributed by atoms with E-state index in [4.69, 9.17) is 27.9 Å². The maximum atomic E-state index is 11.9. The summed E-state index contributed by atoms with van der Waals surface area (Å²) in [6.45, 7) is 5.57. The van der Waals surface area contributed by atoms with Gasteiger partial charge in [-0.05, 0) is 54.3 Å². The molecule has 1 saturated heterocycles. The smallest absolute Gasteiger partial charge is 0.251 e. The van der Waals surface area contributed by atoms with E-state index in [1.807, 2.05) is 24.3 Å². The van der Waals surface area contributed by atoms with Crippen LogP contribution in [0.25, 0.3) is 0 Å². The quantitative estimate of drug-likeness (QED) is 0.746. The van der Waals surface area contributed by atoms with E-state index in [1.165, 1.54) is 11.1 Å². The molecule has 1 amide bonds. The van der Waals surface area contributed by atoms with E-state index in [0.717, 1.165) is 51.3 Å². The third kappa shape index (κ3) is 4.75. The summed E-state index contributed by atoms with van der Waals surface area (Å²) in [6.07, 6.45) is 1.90. The van der Waals surface area contributed by atoms with Crippen LogP contribution in [0.2, 0.25) is 10.0 Å². The number of nitrogens with one attached hydrogen (secondary N) is 1. The molecule has 2 aliphatic heterocycles. The molecular formula is C23H27Cl2N3O2. The fourth-order valence-corrected chi connectivity index (χ4v) is 4.84. The predicted octanol–water partition coefficient (Wildman–Crippen LogP) is 4.18. The molecule has 1 atom stereocenters. The number of halogens is 2. The number of anilines is 1. The van der Waals surface area contributed by atoms with Crippen LogP contribution >= 0.6 is 23.2 Å². The summed E-state index contributed by atoms with van der Waals surface area (Å²) in [7, 11) is 1.66. The number of hydrogen-bond donors (Lipinski definition) is 1. The van der Waals surface area contributed by atoms with E-state index < -0.39 is 0 Å². The van der Waals surface area contributed by atoms with Crippen molar-refractivity contribution in [3.8, 4) is 0 Å². The second kappa shape index (κ2) is 9.56. The van der Waals surface area contributed by atoms with E-state index in [2.05, 4.69) is 21.2 Å². The molecule has 0 bridgehead atoms. The van der Waals surface area contributed by atoms with Crippen molar-refractivity contribution in [1.29, 1.82) is 0 Å². The normalized spacial score (nSPS) is 19.4. The van der Waals surface area contributed by atoms with Crippen molar-refractivity contribution in [1.82, 2.24) is 10.2 Å². The van der Waals surface area contributed by atoms with Crippen molar-refractivity contribution in [2.45, 2.75) is 18.9 Å². The van der Waals surface area contributed by atoms with Gasteiger partial charge in [-0.25, -0.2) is 0 Å². The highest BCUT2D eigenvalue weighted by Crippen LogP contribution is 2.32. The van der Waals surface area contributed by atoms with E-state index >= 15 is 0 Å². The molecule has 30 heavy (non-hydrogen) atoms. The van der Waals surface area contributed by atoms with E-state index in [0.29, 0.717) is 22.2 Å². The standard InChI is InChI=1S/C23H27Cl2N3O2/c1-26-23(29)17-2-4-19-16(14-17)7-13-30-22(19)6-8-27-9-11-28(12-10-27)21-5-3-18(24)15-20(21)25/h2-5,14-15,22H,6-13H2,1H3,(H,26,29). The summed E-state index contributed by atoms with van der Waals surface area (Å²) in [5, 5.41) is 4.07. The van der Waals surface area contributed by atoms with Crippen molar-refractivity contribution in [2.24, 2.45) is 0 Å². The second-order valence-corrected chi connectivity index (χ2v) is 8.66. The molecule has 1 N–H and O–H groups in total. The van der Waals surface area contributed by atoms with Gasteiger partial charge in [-0.15, -0.1) is 0 Å². The van der Waals surface area contributed by atoms with Gasteiger partial charge in [0.25, 0.3) is 5.91 Å². The van der Waals surface area contributed by atoms with Gasteiger partial charge in [0.15, 0.2) is 0 Å². The van der Waals surface area contributed by atoms with Crippen LogP contribution in [-0.2, 0) is 11.2 Å². The minimum Gasteiger partial charge on any atom is -0.373 e. The number of nitrogens with zero attached hydrogens (tertiary/aromatic N) is 2. The SMILES string of the molecule is CNC(=O)c1ccc2c(c1)CCOC2CCN1CCN(c2ccc(Cl)cc2Cl)CC1. The van der Waals surface area contributed by atoms with Crippen LogP contribution in [0.15, 0.2) is 36.4 Å². The zero-order valence-electron chi connectivity index (χ0n) is 17.2. The molecule has 0 radical (unpaired) electrons. The third-order valence-electron chi connectivity index (χ3n) is 6.00. The molecule has 2 heterocycles. The zero-order valence-corrected chi connectivity index (χ0v) is 18.7. The number of piperazine rings is 1. The van der Waals surface area contributed by atoms with Crippen molar-refractivity contribution in [3.63, 3.8) is 0 Å². The lowest BCUT2D eigenvalue weighted by Crippen LogP contribution is -2.47. The Morgan fingerprint density at radius 1 is 1.13 bits per heavy atom. The van der Waals surface area contributed by atoms with Crippen LogP contribution in [0.1, 0.15) is 34.0 Å². The molecule has 4 rings (SSSR count). The number of fused-ring (bicyclic) bond motifs is 1. The average Bonchev–Trinajstić information content (AvgIpc) is 2.77. The van der Waals surface area contributed by atoms with E-state index in [9.17, 15) is 4.79 Å². The number of benzene rings is 2. The summed E-state index contributed by atoms with van der Waals surface area (Å²) in [5.74, 6) is -0.0421. The van der Waals surface area contributed by atoms with Crippen LogP contribution in [0.5, 0.6) is 0 Å². The van der Waals surface area contributed by atoms with Crippen molar-refractivity contribution in [3.05, 3.63) is 63.1 Å². The first-order valence-corrected chi connectivity index (χ1v) is 11.2. The van der Waals surface area contributed by atoms with Crippen LogP contribution in [0.4, 0.5) is 5.69 Å². The van der Waals surface area contributed by atoms with Gasteiger partial charge in [0.2, 0.25) is 0 Å². The van der Waals surface area contributed by atoms with Gasteiger partial charge in [0.05, 0.1) is 23.4 Å². The Kier molecular flexibility index (Phi) is 6.84. The molecule has 160 valence electrons. The summed E-state index contributed by atoms with van der Waals surface area (Å²) in [6, 6.07) is 11.7. The first-order valence-electron chi connectivity index (χ1n) is 10.4. The number of hydrogen-bond acceptors (Lipinski definition) is 4. The molecule has 1 unspecified atom stereocenters. The van der Waals surface area contributed by atoms with Crippen molar-refractivity contribution >= 4 is 34.8 Å². The molecule has 0 spiro atoms. The zero-order chi connectivity index (χ0) is 21.1. The Morgan fingerprint density at radius 3 is 2.67 bits per heavy atom. The van der Waals surface area contributed by atoms with Gasteiger partial charge < -0.3 is 15.0 Å². The van der Waals surface area contributed by atoms with Gasteiger partial charge in [-0.1, -0.05) is 29.3 Å². The maximum Gasteiger partial charge on any atom is 0.251 e. The number of amides is 1. The number of rotatable bonds is 5. The molecule has 1 fully saturated rings. The van der Waals surface area contributed by atoms with Crippen LogP contribution < -0.4 is 10.2 Å². The lowest BCUT2D eigenvalue weighted by Gasteiger charge is -2.37. The molecule has 5 nitrogen and oxygen atoms in total. The largest absolute Gasteiger partial charge is 0.373 e. The monoisotopic (exact) mass is 447 g/mol. The van der Waals surface area contributed by atoms with Gasteiger partial charge in [-0.3, -0.25) is 9.69 Å². The number of carbonyl (C=O) groups excluding carboxylic acids is 1. The summed E-state index contributed by atoms with van der Waals surface area (Å²) >= 11 is 12.4. The molecular weight excluding hydrogens is 421 g/mol. The first-order chi connectivity index (χ1) is 14.5. The second-order valence-electron chi connectivity index (χ2n) is 7.82. The molecule has 2 aromatic rings. The highest BCUT2D eigenvalue weighted by atomic mass is 35.5. The average molecular weight is 448 g/mol. The molecule has 0 aromatic heterocycles. The van der Waals surface area contributed by atoms with Crippen molar-refractivity contribution in [2.75, 3.05) is 51.3 Å². The Morgan fingerprint density at radius 2 is 1.93 bits per heavy atom. The predicted molar refractivity (Wildman–Crippen MR) is 122 cm³/mol. The molecule has 2 aliphatic rings. The summed E-state index contributed by atoms with van der Waals surface area (Å²) < 4.78 is 6.07. The fraction of sp³-hybridized carbons (Fsp3) is 0.435. The Labute approximate surface area is 187 Å². The number of carbonyl (C=O) groups is 1. The van der Waals surface area contributed by atoms with Crippen molar-refractivity contribution < 1.29 is 9.53 Å². The molecule has 2 aromatic carbocycles. The lowest BCUT2D eigenvalue weighted by molar-refractivity contribution is 0.0288. The van der Waals surface area contributed by atoms with E-state index in [1.54, 1.807) is 13.1 Å².